The largest absolute Gasteiger partial charge is 0.422 e. The molecule has 0 radical (unpaired) electrons. The SMILES string of the molecule is O=C(Oc1ccc(-n2cccc2)cc1)C1=C=CC=C1. The molecule has 0 saturated carbocycles. The van der Waals surface area contributed by atoms with Crippen molar-refractivity contribution < 1.29 is 9.53 Å². The number of ether oxygens (including phenoxy) is 1. The highest BCUT2D eigenvalue weighted by Gasteiger charge is 2.10. The first-order chi connectivity index (χ1) is 9.33. The summed E-state index contributed by atoms with van der Waals surface area (Å²) in [5.41, 5.74) is 4.27. The van der Waals surface area contributed by atoms with Gasteiger partial charge in [0.15, 0.2) is 0 Å². The molecule has 1 aliphatic rings. The Morgan fingerprint density at radius 2 is 1.84 bits per heavy atom. The number of carbonyl (C=O) groups is 1. The highest BCUT2D eigenvalue weighted by molar-refractivity contribution is 5.93. The van der Waals surface area contributed by atoms with Crippen LogP contribution in [0.4, 0.5) is 0 Å². The normalized spacial score (nSPS) is 12.5. The maximum absolute atomic E-state index is 11.7. The molecule has 3 nitrogen and oxygen atoms in total. The van der Waals surface area contributed by atoms with E-state index < -0.39 is 5.97 Å². The van der Waals surface area contributed by atoms with E-state index in [9.17, 15) is 4.79 Å². The average molecular weight is 249 g/mol. The first kappa shape index (κ1) is 11.3. The van der Waals surface area contributed by atoms with E-state index in [2.05, 4.69) is 5.73 Å². The summed E-state index contributed by atoms with van der Waals surface area (Å²) in [5.74, 6) is 0.134. The number of hydrogen-bond acceptors (Lipinski definition) is 2. The van der Waals surface area contributed by atoms with Crippen LogP contribution in [0.2, 0.25) is 0 Å². The molecule has 1 aromatic carbocycles. The van der Waals surface area contributed by atoms with Crippen LogP contribution in [0.5, 0.6) is 5.75 Å². The van der Waals surface area contributed by atoms with Crippen molar-refractivity contribution in [2.24, 2.45) is 0 Å². The number of benzene rings is 1. The second kappa shape index (κ2) is 4.84. The molecule has 3 rings (SSSR count). The fraction of sp³-hybridized carbons (Fsp3) is 0. The van der Waals surface area contributed by atoms with Crippen LogP contribution >= 0.6 is 0 Å². The van der Waals surface area contributed by atoms with Crippen molar-refractivity contribution in [2.45, 2.75) is 0 Å². The lowest BCUT2D eigenvalue weighted by Gasteiger charge is -2.06. The predicted octanol–water partition coefficient (Wildman–Crippen LogP) is 3.03. The fourth-order valence-electron chi connectivity index (χ4n) is 1.81. The number of hydrogen-bond donors (Lipinski definition) is 0. The molecule has 2 aromatic rings. The summed E-state index contributed by atoms with van der Waals surface area (Å²) in [5, 5.41) is 0. The molecule has 19 heavy (non-hydrogen) atoms. The highest BCUT2D eigenvalue weighted by Crippen LogP contribution is 2.17. The van der Waals surface area contributed by atoms with Crippen molar-refractivity contribution in [2.75, 3.05) is 0 Å². The molecule has 0 spiro atoms. The Morgan fingerprint density at radius 3 is 2.47 bits per heavy atom. The van der Waals surface area contributed by atoms with Gasteiger partial charge in [-0.25, -0.2) is 4.79 Å². The molecule has 0 amide bonds. The quantitative estimate of drug-likeness (QED) is 0.475. The second-order valence-corrected chi connectivity index (χ2v) is 4.06. The molecule has 0 bridgehead atoms. The minimum absolute atomic E-state index is 0.390. The molecule has 1 aromatic heterocycles. The zero-order valence-corrected chi connectivity index (χ0v) is 10.1. The highest BCUT2D eigenvalue weighted by atomic mass is 16.5. The zero-order valence-electron chi connectivity index (χ0n) is 10.1. The Bertz CT molecular complexity index is 685. The van der Waals surface area contributed by atoms with Gasteiger partial charge < -0.3 is 9.30 Å². The second-order valence-electron chi connectivity index (χ2n) is 4.06. The van der Waals surface area contributed by atoms with Gasteiger partial charge in [-0.05, 0) is 48.6 Å². The van der Waals surface area contributed by atoms with Crippen LogP contribution in [-0.2, 0) is 4.79 Å². The lowest BCUT2D eigenvalue weighted by Crippen LogP contribution is -2.08. The van der Waals surface area contributed by atoms with Crippen LogP contribution in [0.15, 0.2) is 78.3 Å². The summed E-state index contributed by atoms with van der Waals surface area (Å²) in [6.07, 6.45) is 9.04. The van der Waals surface area contributed by atoms with Crippen LogP contribution in [0.3, 0.4) is 0 Å². The first-order valence-corrected chi connectivity index (χ1v) is 5.92. The van der Waals surface area contributed by atoms with Crippen LogP contribution in [0, 0.1) is 0 Å². The number of aromatic nitrogens is 1. The summed E-state index contributed by atoms with van der Waals surface area (Å²) >= 11 is 0. The van der Waals surface area contributed by atoms with E-state index in [1.807, 2.05) is 41.2 Å². The van der Waals surface area contributed by atoms with Crippen LogP contribution in [0.1, 0.15) is 0 Å². The summed E-state index contributed by atoms with van der Waals surface area (Å²) in [6, 6.07) is 11.3. The maximum Gasteiger partial charge on any atom is 0.351 e. The molecule has 0 unspecified atom stereocenters. The zero-order chi connectivity index (χ0) is 13.1. The molecule has 92 valence electrons. The lowest BCUT2D eigenvalue weighted by atomic mass is 10.3. The van der Waals surface area contributed by atoms with Crippen LogP contribution in [-0.4, -0.2) is 10.5 Å². The van der Waals surface area contributed by atoms with Gasteiger partial charge in [0.05, 0.1) is 0 Å². The van der Waals surface area contributed by atoms with E-state index in [0.717, 1.165) is 5.69 Å². The summed E-state index contributed by atoms with van der Waals surface area (Å²) in [4.78, 5) is 11.7. The van der Waals surface area contributed by atoms with Gasteiger partial charge >= 0.3 is 5.97 Å². The maximum atomic E-state index is 11.7. The Balaban J connectivity index is 1.75. The van der Waals surface area contributed by atoms with E-state index in [1.54, 1.807) is 30.4 Å². The smallest absolute Gasteiger partial charge is 0.351 e. The van der Waals surface area contributed by atoms with E-state index >= 15 is 0 Å². The fourth-order valence-corrected chi connectivity index (χ4v) is 1.81. The molecular formula is C16H11NO2. The van der Waals surface area contributed by atoms with Gasteiger partial charge in [0, 0.05) is 18.1 Å². The van der Waals surface area contributed by atoms with Gasteiger partial charge in [0.2, 0.25) is 0 Å². The third-order valence-electron chi connectivity index (χ3n) is 2.77. The van der Waals surface area contributed by atoms with Crippen molar-refractivity contribution in [3.8, 4) is 11.4 Å². The third kappa shape index (κ3) is 2.41. The molecule has 0 N–H and O–H groups in total. The Hall–Kier alpha value is -2.77. The van der Waals surface area contributed by atoms with Gasteiger partial charge in [0.25, 0.3) is 0 Å². The lowest BCUT2D eigenvalue weighted by molar-refractivity contribution is -0.129. The van der Waals surface area contributed by atoms with Gasteiger partial charge in [-0.2, -0.15) is 0 Å². The average Bonchev–Trinajstić information content (AvgIpc) is 3.13. The number of esters is 1. The van der Waals surface area contributed by atoms with Gasteiger partial charge in [-0.15, -0.1) is 5.73 Å². The number of carbonyl (C=O) groups excluding carboxylic acids is 1. The molecule has 0 atom stereocenters. The minimum atomic E-state index is -0.390. The number of allylic oxidation sites excluding steroid dienone is 1. The Kier molecular flexibility index (Phi) is 2.89. The van der Waals surface area contributed by atoms with Crippen molar-refractivity contribution in [1.29, 1.82) is 0 Å². The van der Waals surface area contributed by atoms with Crippen LogP contribution < -0.4 is 4.74 Å². The van der Waals surface area contributed by atoms with Gasteiger partial charge in [0.1, 0.15) is 11.3 Å². The molecule has 0 aliphatic heterocycles. The standard InChI is InChI=1S/C16H11NO2/c18-16(13-5-1-2-6-13)19-15-9-7-14(8-10-15)17-11-3-4-12-17/h1-5,7-12H. The van der Waals surface area contributed by atoms with Crippen molar-refractivity contribution >= 4 is 5.97 Å². The van der Waals surface area contributed by atoms with E-state index in [4.69, 9.17) is 4.74 Å². The van der Waals surface area contributed by atoms with Crippen LogP contribution in [0.25, 0.3) is 5.69 Å². The molecule has 0 fully saturated rings. The van der Waals surface area contributed by atoms with Crippen molar-refractivity contribution in [3.63, 3.8) is 0 Å². The van der Waals surface area contributed by atoms with E-state index in [-0.39, 0.29) is 0 Å². The van der Waals surface area contributed by atoms with Crippen molar-refractivity contribution in [3.05, 3.63) is 78.3 Å². The summed E-state index contributed by atoms with van der Waals surface area (Å²) in [6.45, 7) is 0. The first-order valence-electron chi connectivity index (χ1n) is 5.92. The predicted molar refractivity (Wildman–Crippen MR) is 72.1 cm³/mol. The molecule has 0 saturated heterocycles. The number of nitrogens with zero attached hydrogens (tertiary/aromatic N) is 1. The molecule has 1 heterocycles. The summed E-state index contributed by atoms with van der Waals surface area (Å²) in [7, 11) is 0. The Morgan fingerprint density at radius 1 is 1.11 bits per heavy atom. The number of rotatable bonds is 3. The molecule has 3 heteroatoms. The van der Waals surface area contributed by atoms with E-state index in [1.165, 1.54) is 0 Å². The third-order valence-corrected chi connectivity index (χ3v) is 2.77. The topological polar surface area (TPSA) is 31.2 Å². The minimum Gasteiger partial charge on any atom is -0.422 e. The van der Waals surface area contributed by atoms with Crippen molar-refractivity contribution in [1.82, 2.24) is 4.57 Å². The monoisotopic (exact) mass is 249 g/mol. The van der Waals surface area contributed by atoms with E-state index in [0.29, 0.717) is 11.3 Å². The summed E-state index contributed by atoms with van der Waals surface area (Å²) < 4.78 is 7.23. The molecular weight excluding hydrogens is 238 g/mol. The van der Waals surface area contributed by atoms with Gasteiger partial charge in [-0.3, -0.25) is 0 Å². The Labute approximate surface area is 110 Å². The molecule has 1 aliphatic carbocycles. The van der Waals surface area contributed by atoms with Gasteiger partial charge in [-0.1, -0.05) is 6.08 Å².